The second kappa shape index (κ2) is 5.10. The van der Waals surface area contributed by atoms with Crippen LogP contribution in [0.15, 0.2) is 0 Å². The summed E-state index contributed by atoms with van der Waals surface area (Å²) >= 11 is 0. The highest BCUT2D eigenvalue weighted by atomic mass is 16.3. The van der Waals surface area contributed by atoms with Crippen molar-refractivity contribution in [3.05, 3.63) is 0 Å². The van der Waals surface area contributed by atoms with Gasteiger partial charge in [0.25, 0.3) is 0 Å². The predicted octanol–water partition coefficient (Wildman–Crippen LogP) is 0.489. The molecule has 0 spiro atoms. The number of hydrogen-bond donors (Lipinski definition) is 3. The van der Waals surface area contributed by atoms with Crippen molar-refractivity contribution in [3.63, 3.8) is 0 Å². The molecule has 3 heteroatoms. The predicted molar refractivity (Wildman–Crippen MR) is 57.2 cm³/mol. The summed E-state index contributed by atoms with van der Waals surface area (Å²) in [6.45, 7) is 3.45. The summed E-state index contributed by atoms with van der Waals surface area (Å²) in [5.41, 5.74) is 0. The molecule has 1 aliphatic carbocycles. The van der Waals surface area contributed by atoms with E-state index >= 15 is 0 Å². The van der Waals surface area contributed by atoms with Crippen LogP contribution >= 0.6 is 0 Å². The van der Waals surface area contributed by atoms with Crippen LogP contribution in [0.2, 0.25) is 0 Å². The van der Waals surface area contributed by atoms with Gasteiger partial charge in [-0.25, -0.2) is 0 Å². The molecule has 0 aromatic heterocycles. The molecular weight excluding hydrogens is 176 g/mol. The molecule has 2 aliphatic rings. The van der Waals surface area contributed by atoms with Crippen LogP contribution in [0.3, 0.4) is 0 Å². The summed E-state index contributed by atoms with van der Waals surface area (Å²) in [5.74, 6) is 0.737. The topological polar surface area (TPSA) is 44.3 Å². The van der Waals surface area contributed by atoms with Gasteiger partial charge in [-0.2, -0.15) is 0 Å². The smallest absolute Gasteiger partial charge is 0.0546 e. The van der Waals surface area contributed by atoms with Gasteiger partial charge in [0.2, 0.25) is 0 Å². The first-order valence-corrected chi connectivity index (χ1v) is 5.97. The van der Waals surface area contributed by atoms with Crippen molar-refractivity contribution in [3.8, 4) is 0 Å². The van der Waals surface area contributed by atoms with Crippen molar-refractivity contribution in [1.82, 2.24) is 10.6 Å². The molecule has 0 aromatic carbocycles. The van der Waals surface area contributed by atoms with Crippen LogP contribution in [0.4, 0.5) is 0 Å². The fourth-order valence-electron chi connectivity index (χ4n) is 2.42. The monoisotopic (exact) mass is 198 g/mol. The average Bonchev–Trinajstić information content (AvgIpc) is 2.38. The first kappa shape index (κ1) is 10.4. The van der Waals surface area contributed by atoms with Crippen molar-refractivity contribution in [1.29, 1.82) is 0 Å². The Morgan fingerprint density at radius 1 is 1.21 bits per heavy atom. The van der Waals surface area contributed by atoms with Gasteiger partial charge in [-0.3, -0.25) is 0 Å². The van der Waals surface area contributed by atoms with E-state index in [2.05, 4.69) is 10.6 Å². The highest BCUT2D eigenvalue weighted by molar-refractivity contribution is 4.82. The van der Waals surface area contributed by atoms with Gasteiger partial charge < -0.3 is 15.7 Å². The maximum atomic E-state index is 9.16. The van der Waals surface area contributed by atoms with Crippen LogP contribution in [0, 0.1) is 5.92 Å². The Balaban J connectivity index is 1.59. The third-order valence-electron chi connectivity index (χ3n) is 3.48. The molecule has 0 bridgehead atoms. The first-order valence-electron chi connectivity index (χ1n) is 5.97. The molecule has 82 valence electrons. The Bertz CT molecular complexity index is 161. The van der Waals surface area contributed by atoms with E-state index in [4.69, 9.17) is 5.11 Å². The minimum Gasteiger partial charge on any atom is -0.393 e. The lowest BCUT2D eigenvalue weighted by Gasteiger charge is -2.32. The van der Waals surface area contributed by atoms with Gasteiger partial charge in [0, 0.05) is 6.04 Å². The van der Waals surface area contributed by atoms with Gasteiger partial charge >= 0.3 is 0 Å². The lowest BCUT2D eigenvalue weighted by atomic mass is 9.82. The quantitative estimate of drug-likeness (QED) is 0.618. The van der Waals surface area contributed by atoms with E-state index in [9.17, 15) is 0 Å². The summed E-state index contributed by atoms with van der Waals surface area (Å²) in [6.07, 6.45) is 5.89. The van der Waals surface area contributed by atoms with Gasteiger partial charge in [-0.05, 0) is 57.7 Å². The van der Waals surface area contributed by atoms with E-state index in [1.54, 1.807) is 0 Å². The van der Waals surface area contributed by atoms with E-state index in [0.29, 0.717) is 6.04 Å². The summed E-state index contributed by atoms with van der Waals surface area (Å²) < 4.78 is 0. The fourth-order valence-corrected chi connectivity index (χ4v) is 2.42. The lowest BCUT2D eigenvalue weighted by Crippen LogP contribution is -2.40. The molecule has 1 atom stereocenters. The van der Waals surface area contributed by atoms with E-state index in [1.807, 2.05) is 0 Å². The molecular formula is C11H22N2O. The normalized spacial score (nSPS) is 38.8. The maximum Gasteiger partial charge on any atom is 0.0546 e. The van der Waals surface area contributed by atoms with Gasteiger partial charge in [-0.15, -0.1) is 0 Å². The molecule has 1 saturated heterocycles. The number of hydrogen-bond acceptors (Lipinski definition) is 3. The molecule has 14 heavy (non-hydrogen) atoms. The lowest BCUT2D eigenvalue weighted by molar-refractivity contribution is 0.0416. The molecule has 1 aliphatic heterocycles. The summed E-state index contributed by atoms with van der Waals surface area (Å²) in [4.78, 5) is 0. The van der Waals surface area contributed by atoms with Crippen molar-refractivity contribution >= 4 is 0 Å². The Hall–Kier alpha value is -0.120. The van der Waals surface area contributed by atoms with Crippen LogP contribution in [0.5, 0.6) is 0 Å². The van der Waals surface area contributed by atoms with Crippen LogP contribution in [-0.2, 0) is 0 Å². The minimum absolute atomic E-state index is 0.00222. The van der Waals surface area contributed by atoms with E-state index < -0.39 is 0 Å². The highest BCUT2D eigenvalue weighted by Gasteiger charge is 2.27. The van der Waals surface area contributed by atoms with Crippen LogP contribution in [0.1, 0.15) is 32.1 Å². The van der Waals surface area contributed by atoms with Crippen molar-refractivity contribution in [2.24, 2.45) is 5.92 Å². The fraction of sp³-hybridized carbons (Fsp3) is 1.00. The molecule has 2 fully saturated rings. The minimum atomic E-state index is -0.00222. The second-order valence-electron chi connectivity index (χ2n) is 4.78. The van der Waals surface area contributed by atoms with Crippen LogP contribution < -0.4 is 10.6 Å². The number of nitrogens with one attached hydrogen (secondary N) is 2. The average molecular weight is 198 g/mol. The third-order valence-corrected chi connectivity index (χ3v) is 3.48. The number of aliphatic hydroxyl groups excluding tert-OH is 1. The van der Waals surface area contributed by atoms with Gasteiger partial charge in [0.05, 0.1) is 6.10 Å². The van der Waals surface area contributed by atoms with Crippen molar-refractivity contribution in [2.75, 3.05) is 19.6 Å². The summed E-state index contributed by atoms with van der Waals surface area (Å²) in [6, 6.07) is 0.711. The van der Waals surface area contributed by atoms with Gasteiger partial charge in [0.15, 0.2) is 0 Å². The molecule has 3 N–H and O–H groups in total. The molecule has 0 aromatic rings. The Labute approximate surface area is 86.3 Å². The van der Waals surface area contributed by atoms with E-state index in [1.165, 1.54) is 25.8 Å². The second-order valence-corrected chi connectivity index (χ2v) is 4.78. The first-order chi connectivity index (χ1) is 6.84. The molecule has 3 nitrogen and oxygen atoms in total. The zero-order valence-electron chi connectivity index (χ0n) is 8.84. The van der Waals surface area contributed by atoms with E-state index in [0.717, 1.165) is 31.8 Å². The van der Waals surface area contributed by atoms with Crippen molar-refractivity contribution < 1.29 is 5.11 Å². The SMILES string of the molecule is OC1CC(CNC2CCCNCC2)C1. The molecule has 0 amide bonds. The maximum absolute atomic E-state index is 9.16. The number of rotatable bonds is 3. The molecule has 1 saturated carbocycles. The number of aliphatic hydroxyl groups is 1. The molecule has 1 unspecified atom stereocenters. The standard InChI is InChI=1S/C11H22N2O/c14-11-6-9(7-11)8-13-10-2-1-4-12-5-3-10/h9-14H,1-8H2. The Morgan fingerprint density at radius 2 is 2.07 bits per heavy atom. The molecule has 0 radical (unpaired) electrons. The molecule has 2 rings (SSSR count). The zero-order chi connectivity index (χ0) is 9.80. The summed E-state index contributed by atoms with van der Waals surface area (Å²) in [7, 11) is 0. The largest absolute Gasteiger partial charge is 0.393 e. The van der Waals surface area contributed by atoms with E-state index in [-0.39, 0.29) is 6.10 Å². The van der Waals surface area contributed by atoms with Crippen LogP contribution in [-0.4, -0.2) is 36.9 Å². The van der Waals surface area contributed by atoms with Gasteiger partial charge in [0.1, 0.15) is 0 Å². The third kappa shape index (κ3) is 2.94. The summed E-state index contributed by atoms with van der Waals surface area (Å²) in [5, 5.41) is 16.2. The Kier molecular flexibility index (Phi) is 3.79. The van der Waals surface area contributed by atoms with Crippen LogP contribution in [0.25, 0.3) is 0 Å². The Morgan fingerprint density at radius 3 is 2.86 bits per heavy atom. The van der Waals surface area contributed by atoms with Crippen molar-refractivity contribution in [2.45, 2.75) is 44.2 Å². The highest BCUT2D eigenvalue weighted by Crippen LogP contribution is 2.26. The molecule has 1 heterocycles. The zero-order valence-corrected chi connectivity index (χ0v) is 8.84. The van der Waals surface area contributed by atoms with Gasteiger partial charge in [-0.1, -0.05) is 0 Å².